The Morgan fingerprint density at radius 1 is 0.647 bits per heavy atom. The molecule has 6 N–H and O–H groups in total. The molecule has 4 saturated carbocycles. The van der Waals surface area contributed by atoms with E-state index in [-0.39, 0.29) is 39.8 Å². The molecule has 0 atom stereocenters. The van der Waals surface area contributed by atoms with Crippen LogP contribution in [0.15, 0.2) is 54.6 Å². The molecule has 4 fully saturated rings. The van der Waals surface area contributed by atoms with Gasteiger partial charge in [0.2, 0.25) is 0 Å². The zero-order valence-electron chi connectivity index (χ0n) is 19.0. The van der Waals surface area contributed by atoms with Crippen molar-refractivity contribution in [1.82, 2.24) is 0 Å². The number of nitrogens with two attached hydrogens (primary N) is 2. The van der Waals surface area contributed by atoms with Crippen molar-refractivity contribution in [2.24, 2.45) is 17.8 Å². The molecule has 6 nitrogen and oxygen atoms in total. The van der Waals surface area contributed by atoms with Gasteiger partial charge in [-0.15, -0.1) is 0 Å². The second-order valence-corrected chi connectivity index (χ2v) is 10.4. The highest BCUT2D eigenvalue weighted by Gasteiger charge is 2.52. The van der Waals surface area contributed by atoms with Crippen LogP contribution < -0.4 is 20.9 Å². The molecule has 0 amide bonds. The number of nitrogen functional groups attached to an aromatic ring is 2. The van der Waals surface area contributed by atoms with E-state index in [0.717, 1.165) is 42.6 Å². The monoisotopic (exact) mass is 458 g/mol. The third kappa shape index (κ3) is 3.40. The molecule has 3 aromatic rings. The maximum Gasteiger partial charge on any atom is 0.181 e. The van der Waals surface area contributed by atoms with Crippen LogP contribution in [-0.4, -0.2) is 10.2 Å². The van der Waals surface area contributed by atoms with E-state index in [0.29, 0.717) is 11.5 Å². The Morgan fingerprint density at radius 2 is 1.12 bits per heavy atom. The lowest BCUT2D eigenvalue weighted by molar-refractivity contribution is -0.00610. The molecule has 4 aliphatic rings. The Hall–Kier alpha value is -3.54. The highest BCUT2D eigenvalue weighted by molar-refractivity contribution is 5.64. The molecule has 0 aromatic heterocycles. The fourth-order valence-electron chi connectivity index (χ4n) is 7.03. The first-order valence-corrected chi connectivity index (χ1v) is 12.1. The predicted molar refractivity (Wildman–Crippen MR) is 131 cm³/mol. The van der Waals surface area contributed by atoms with Gasteiger partial charge < -0.3 is 31.2 Å². The van der Waals surface area contributed by atoms with Gasteiger partial charge in [0.15, 0.2) is 34.5 Å². The van der Waals surface area contributed by atoms with E-state index in [1.165, 1.54) is 19.3 Å². The maximum absolute atomic E-state index is 10.6. The molecule has 0 unspecified atom stereocenters. The summed E-state index contributed by atoms with van der Waals surface area (Å²) in [6.07, 6.45) is 7.43. The predicted octanol–water partition coefficient (Wildman–Crippen LogP) is 6.31. The summed E-state index contributed by atoms with van der Waals surface area (Å²) in [5.74, 6) is 3.61. The first-order chi connectivity index (χ1) is 16.4. The number of hydrogen-bond donors (Lipinski definition) is 4. The number of benzene rings is 3. The molecule has 0 radical (unpaired) electrons. The van der Waals surface area contributed by atoms with Crippen LogP contribution in [0.25, 0.3) is 0 Å². The topological polar surface area (TPSA) is 111 Å². The molecule has 4 aliphatic carbocycles. The smallest absolute Gasteiger partial charge is 0.181 e. The summed E-state index contributed by atoms with van der Waals surface area (Å²) in [4.78, 5) is 0. The van der Waals surface area contributed by atoms with E-state index >= 15 is 0 Å². The van der Waals surface area contributed by atoms with Crippen molar-refractivity contribution >= 4 is 11.4 Å². The molecule has 6 heteroatoms. The zero-order valence-corrected chi connectivity index (χ0v) is 19.0. The summed E-state index contributed by atoms with van der Waals surface area (Å²) in [7, 11) is 0. The molecule has 4 bridgehead atoms. The summed E-state index contributed by atoms with van der Waals surface area (Å²) in [5, 5.41) is 21.1. The minimum absolute atomic E-state index is 0.0250. The van der Waals surface area contributed by atoms with Gasteiger partial charge in [-0.05, 0) is 92.0 Å². The van der Waals surface area contributed by atoms with Gasteiger partial charge in [0.05, 0.1) is 11.4 Å². The molecule has 0 heterocycles. The minimum atomic E-state index is -0.111. The molecule has 34 heavy (non-hydrogen) atoms. The maximum atomic E-state index is 10.6. The first kappa shape index (κ1) is 21.0. The third-order valence-electron chi connectivity index (χ3n) is 8.08. The van der Waals surface area contributed by atoms with Gasteiger partial charge in [-0.3, -0.25) is 0 Å². The molecule has 0 aliphatic heterocycles. The summed E-state index contributed by atoms with van der Waals surface area (Å²) in [6.45, 7) is 0. The third-order valence-corrected chi connectivity index (χ3v) is 8.08. The second-order valence-electron chi connectivity index (χ2n) is 10.4. The summed E-state index contributed by atoms with van der Waals surface area (Å²) < 4.78 is 12.6. The molecular formula is C28H30N2O4. The van der Waals surface area contributed by atoms with Gasteiger partial charge >= 0.3 is 0 Å². The lowest BCUT2D eigenvalue weighted by Gasteiger charge is -2.57. The molecular weight excluding hydrogens is 428 g/mol. The van der Waals surface area contributed by atoms with Crippen LogP contribution in [0, 0.1) is 17.8 Å². The van der Waals surface area contributed by atoms with Crippen LogP contribution in [0.4, 0.5) is 11.4 Å². The van der Waals surface area contributed by atoms with Crippen molar-refractivity contribution in [2.75, 3.05) is 11.5 Å². The van der Waals surface area contributed by atoms with E-state index in [9.17, 15) is 10.2 Å². The van der Waals surface area contributed by atoms with Gasteiger partial charge in [-0.25, -0.2) is 0 Å². The summed E-state index contributed by atoms with van der Waals surface area (Å²) >= 11 is 0. The largest absolute Gasteiger partial charge is 0.503 e. The van der Waals surface area contributed by atoms with Gasteiger partial charge in [0.25, 0.3) is 0 Å². The van der Waals surface area contributed by atoms with E-state index in [4.69, 9.17) is 20.9 Å². The van der Waals surface area contributed by atoms with Crippen molar-refractivity contribution in [1.29, 1.82) is 0 Å². The summed E-state index contributed by atoms with van der Waals surface area (Å²) in [5.41, 5.74) is 13.5. The normalized spacial score (nSPS) is 27.0. The van der Waals surface area contributed by atoms with E-state index in [1.54, 1.807) is 36.4 Å². The van der Waals surface area contributed by atoms with Crippen molar-refractivity contribution in [3.63, 3.8) is 0 Å². The SMILES string of the molecule is Nc1cccc(Oc2cccc(C34CC5CC(CC(C5)C3)C4)c2Oc2cccc(N)c2O)c1O. The number of ether oxygens (including phenoxy) is 2. The highest BCUT2D eigenvalue weighted by Crippen LogP contribution is 2.63. The number of rotatable bonds is 5. The Morgan fingerprint density at radius 3 is 1.68 bits per heavy atom. The van der Waals surface area contributed by atoms with Crippen LogP contribution in [0.3, 0.4) is 0 Å². The first-order valence-electron chi connectivity index (χ1n) is 12.1. The van der Waals surface area contributed by atoms with Gasteiger partial charge in [0.1, 0.15) is 0 Å². The Labute approximate surface area is 199 Å². The quantitative estimate of drug-likeness (QED) is 0.263. The van der Waals surface area contributed by atoms with Crippen LogP contribution in [0.5, 0.6) is 34.5 Å². The van der Waals surface area contributed by atoms with Crippen molar-refractivity contribution < 1.29 is 19.7 Å². The lowest BCUT2D eigenvalue weighted by Crippen LogP contribution is -2.48. The van der Waals surface area contributed by atoms with E-state index in [1.807, 2.05) is 12.1 Å². The van der Waals surface area contributed by atoms with Gasteiger partial charge in [0, 0.05) is 5.56 Å². The number of anilines is 2. The molecule has 0 saturated heterocycles. The standard InChI is InChI=1S/C28H30N2O4/c29-20-5-2-7-22(25(20)31)33-24-9-1-4-19(27(24)34-23-8-3-6-21(30)26(23)32)28-13-16-10-17(14-28)12-18(11-16)15-28/h1-9,16-18,31-32H,10-15,29-30H2. The van der Waals surface area contributed by atoms with Crippen LogP contribution in [0.2, 0.25) is 0 Å². The number of hydrogen-bond acceptors (Lipinski definition) is 6. The van der Waals surface area contributed by atoms with Crippen LogP contribution >= 0.6 is 0 Å². The van der Waals surface area contributed by atoms with Crippen molar-refractivity contribution in [2.45, 2.75) is 43.9 Å². The van der Waals surface area contributed by atoms with Gasteiger partial charge in [-0.1, -0.05) is 24.3 Å². The minimum Gasteiger partial charge on any atom is -0.503 e. The average molecular weight is 459 g/mol. The summed E-state index contributed by atoms with van der Waals surface area (Å²) in [6, 6.07) is 16.1. The molecule has 7 rings (SSSR count). The van der Waals surface area contributed by atoms with E-state index in [2.05, 4.69) is 6.07 Å². The Balaban J connectivity index is 1.48. The zero-order chi connectivity index (χ0) is 23.4. The van der Waals surface area contributed by atoms with Crippen LogP contribution in [0.1, 0.15) is 44.1 Å². The lowest BCUT2D eigenvalue weighted by atomic mass is 9.48. The molecule has 0 spiro atoms. The average Bonchev–Trinajstić information content (AvgIpc) is 2.80. The number of phenols is 2. The second kappa shape index (κ2) is 7.76. The number of para-hydroxylation sites is 3. The highest BCUT2D eigenvalue weighted by atomic mass is 16.5. The fourth-order valence-corrected chi connectivity index (χ4v) is 7.03. The van der Waals surface area contributed by atoms with E-state index < -0.39 is 0 Å². The van der Waals surface area contributed by atoms with Gasteiger partial charge in [-0.2, -0.15) is 0 Å². The Bertz CT molecular complexity index is 1220. The van der Waals surface area contributed by atoms with Crippen LogP contribution in [-0.2, 0) is 5.41 Å². The van der Waals surface area contributed by atoms with Crippen molar-refractivity contribution in [3.8, 4) is 34.5 Å². The number of phenolic OH excluding ortho intramolecular Hbond substituents is 2. The number of aromatic hydroxyl groups is 2. The molecule has 176 valence electrons. The fraction of sp³-hybridized carbons (Fsp3) is 0.357. The molecule has 3 aromatic carbocycles. The Kier molecular flexibility index (Phi) is 4.80. The van der Waals surface area contributed by atoms with Crippen molar-refractivity contribution in [3.05, 3.63) is 60.2 Å².